The first kappa shape index (κ1) is 38.2. The SMILES string of the molecule is c1ccc(-c2ccc(N(c3ccccc3)c3ccc4c(c3)N(c3ccc(N(c5ccccc5)c5ccccc5)cc3)c3cccc5c3B4c3ccccc3N5c3ccccc3)cc2)cc1. The van der Waals surface area contributed by atoms with Crippen molar-refractivity contribution < 1.29 is 0 Å². The Balaban J connectivity index is 1.06. The molecule has 0 fully saturated rings. The summed E-state index contributed by atoms with van der Waals surface area (Å²) in [5.74, 6) is 0. The lowest BCUT2D eigenvalue weighted by Gasteiger charge is -2.44. The summed E-state index contributed by atoms with van der Waals surface area (Å²) in [6, 6.07) is 94.3. The molecule has 10 aromatic carbocycles. The van der Waals surface area contributed by atoms with Crippen molar-refractivity contribution in [2.24, 2.45) is 0 Å². The van der Waals surface area contributed by atoms with E-state index in [2.05, 4.69) is 280 Å². The third-order valence-electron chi connectivity index (χ3n) is 12.8. The number of anilines is 12. The lowest BCUT2D eigenvalue weighted by atomic mass is 9.33. The van der Waals surface area contributed by atoms with Crippen LogP contribution in [0.1, 0.15) is 0 Å². The molecule has 0 saturated carbocycles. The second-order valence-electron chi connectivity index (χ2n) is 16.6. The Morgan fingerprint density at radius 1 is 0.262 bits per heavy atom. The van der Waals surface area contributed by atoms with Crippen LogP contribution in [0, 0.1) is 0 Å². The molecule has 0 atom stereocenters. The van der Waals surface area contributed by atoms with Crippen LogP contribution in [-0.4, -0.2) is 6.71 Å². The molecule has 2 aliphatic rings. The number of rotatable bonds is 9. The predicted molar refractivity (Wildman–Crippen MR) is 275 cm³/mol. The molecular formula is C60H43BN4. The Morgan fingerprint density at radius 3 is 1.23 bits per heavy atom. The van der Waals surface area contributed by atoms with Crippen molar-refractivity contribution in [1.82, 2.24) is 0 Å². The smallest absolute Gasteiger partial charge is 0.252 e. The Morgan fingerprint density at radius 2 is 0.646 bits per heavy atom. The van der Waals surface area contributed by atoms with Crippen LogP contribution in [0.5, 0.6) is 0 Å². The molecule has 10 aromatic rings. The number of benzene rings is 10. The average Bonchev–Trinajstić information content (AvgIpc) is 3.38. The summed E-state index contributed by atoms with van der Waals surface area (Å²) >= 11 is 0. The van der Waals surface area contributed by atoms with Gasteiger partial charge in [0.1, 0.15) is 0 Å². The van der Waals surface area contributed by atoms with Gasteiger partial charge in [-0.1, -0.05) is 146 Å². The van der Waals surface area contributed by atoms with Crippen molar-refractivity contribution in [3.8, 4) is 11.1 Å². The van der Waals surface area contributed by atoms with Crippen molar-refractivity contribution in [3.05, 3.63) is 261 Å². The van der Waals surface area contributed by atoms with Gasteiger partial charge in [0.2, 0.25) is 0 Å². The van der Waals surface area contributed by atoms with Gasteiger partial charge < -0.3 is 19.6 Å². The summed E-state index contributed by atoms with van der Waals surface area (Å²) in [7, 11) is 0. The van der Waals surface area contributed by atoms with Crippen LogP contribution in [0.2, 0.25) is 0 Å². The molecule has 2 heterocycles. The van der Waals surface area contributed by atoms with E-state index < -0.39 is 0 Å². The molecule has 0 aliphatic carbocycles. The van der Waals surface area contributed by atoms with E-state index in [-0.39, 0.29) is 6.71 Å². The Hall–Kier alpha value is -8.54. The van der Waals surface area contributed by atoms with Crippen LogP contribution in [0.3, 0.4) is 0 Å². The maximum absolute atomic E-state index is 2.49. The molecular weight excluding hydrogens is 787 g/mol. The standard InChI is InChI=1S/C60H43BN4/c1-6-19-44(20-7-1)45-33-35-50(36-34-45)63(48-25-12-4-13-26-48)53-41-42-55-59(43-53)65(52-39-37-51(38-40-52)62(46-21-8-2-9-22-46)47-23-10-3-11-24-47)58-32-18-31-57-60(58)61(55)54-29-16-17-30-56(54)64(57)49-27-14-5-15-28-49/h1-43H. The zero-order valence-electron chi connectivity index (χ0n) is 35.7. The molecule has 0 amide bonds. The van der Waals surface area contributed by atoms with Gasteiger partial charge in [0.05, 0.1) is 0 Å². The fourth-order valence-corrected chi connectivity index (χ4v) is 9.95. The molecule has 306 valence electrons. The Labute approximate surface area is 381 Å². The number of para-hydroxylation sites is 5. The molecule has 0 saturated heterocycles. The van der Waals surface area contributed by atoms with Crippen LogP contribution >= 0.6 is 0 Å². The van der Waals surface area contributed by atoms with Gasteiger partial charge in [-0.15, -0.1) is 0 Å². The first-order valence-electron chi connectivity index (χ1n) is 22.3. The van der Waals surface area contributed by atoms with E-state index in [4.69, 9.17) is 0 Å². The molecule has 0 bridgehead atoms. The lowest BCUT2D eigenvalue weighted by molar-refractivity contribution is 1.23. The maximum atomic E-state index is 2.49. The molecule has 0 unspecified atom stereocenters. The summed E-state index contributed by atoms with van der Waals surface area (Å²) in [5, 5.41) is 0. The first-order chi connectivity index (χ1) is 32.3. The van der Waals surface area contributed by atoms with Crippen LogP contribution in [0.4, 0.5) is 68.2 Å². The molecule has 5 heteroatoms. The highest BCUT2D eigenvalue weighted by Gasteiger charge is 2.43. The van der Waals surface area contributed by atoms with Crippen molar-refractivity contribution in [2.75, 3.05) is 19.6 Å². The number of hydrogen-bond acceptors (Lipinski definition) is 4. The quantitative estimate of drug-likeness (QED) is 0.134. The summed E-state index contributed by atoms with van der Waals surface area (Å²) < 4.78 is 0. The highest BCUT2D eigenvalue weighted by molar-refractivity contribution is 7.00. The zero-order chi connectivity index (χ0) is 43.1. The monoisotopic (exact) mass is 830 g/mol. The molecule has 0 radical (unpaired) electrons. The molecule has 0 spiro atoms. The van der Waals surface area contributed by atoms with E-state index in [0.717, 1.165) is 51.2 Å². The largest absolute Gasteiger partial charge is 0.311 e. The van der Waals surface area contributed by atoms with E-state index in [1.807, 2.05) is 0 Å². The molecule has 0 aromatic heterocycles. The number of nitrogens with zero attached hydrogens (tertiary/aromatic N) is 4. The molecule has 65 heavy (non-hydrogen) atoms. The minimum absolute atomic E-state index is 0.0129. The van der Waals surface area contributed by atoms with Gasteiger partial charge in [0, 0.05) is 68.2 Å². The van der Waals surface area contributed by atoms with Crippen LogP contribution in [-0.2, 0) is 0 Å². The summed E-state index contributed by atoms with van der Waals surface area (Å²) in [4.78, 5) is 9.64. The van der Waals surface area contributed by atoms with E-state index >= 15 is 0 Å². The van der Waals surface area contributed by atoms with Crippen LogP contribution in [0.15, 0.2) is 261 Å². The van der Waals surface area contributed by atoms with E-state index in [1.54, 1.807) is 0 Å². The van der Waals surface area contributed by atoms with Crippen LogP contribution < -0.4 is 36.0 Å². The molecule has 12 rings (SSSR count). The van der Waals surface area contributed by atoms with Gasteiger partial charge in [-0.2, -0.15) is 0 Å². The van der Waals surface area contributed by atoms with Gasteiger partial charge in [0.25, 0.3) is 6.71 Å². The second-order valence-corrected chi connectivity index (χ2v) is 16.6. The van der Waals surface area contributed by atoms with Crippen molar-refractivity contribution >= 4 is 91.3 Å². The van der Waals surface area contributed by atoms with E-state index in [9.17, 15) is 0 Å². The molecule has 0 N–H and O–H groups in total. The predicted octanol–water partition coefficient (Wildman–Crippen LogP) is 14.4. The van der Waals surface area contributed by atoms with Crippen LogP contribution in [0.25, 0.3) is 11.1 Å². The van der Waals surface area contributed by atoms with Crippen molar-refractivity contribution in [2.45, 2.75) is 0 Å². The van der Waals surface area contributed by atoms with E-state index in [0.29, 0.717) is 0 Å². The van der Waals surface area contributed by atoms with Gasteiger partial charge >= 0.3 is 0 Å². The van der Waals surface area contributed by atoms with Gasteiger partial charge in [-0.25, -0.2) is 0 Å². The van der Waals surface area contributed by atoms with Gasteiger partial charge in [-0.05, 0) is 143 Å². The third-order valence-corrected chi connectivity index (χ3v) is 12.8. The lowest BCUT2D eigenvalue weighted by Crippen LogP contribution is -2.61. The Bertz CT molecular complexity index is 3220. The topological polar surface area (TPSA) is 13.0 Å². The maximum Gasteiger partial charge on any atom is 0.252 e. The normalized spacial score (nSPS) is 12.2. The average molecular weight is 831 g/mol. The highest BCUT2D eigenvalue weighted by atomic mass is 15.2. The van der Waals surface area contributed by atoms with Gasteiger partial charge in [0.15, 0.2) is 0 Å². The van der Waals surface area contributed by atoms with Crippen molar-refractivity contribution in [3.63, 3.8) is 0 Å². The Kier molecular flexibility index (Phi) is 9.57. The minimum Gasteiger partial charge on any atom is -0.311 e. The first-order valence-corrected chi connectivity index (χ1v) is 22.3. The fourth-order valence-electron chi connectivity index (χ4n) is 9.95. The minimum atomic E-state index is 0.0129. The molecule has 2 aliphatic heterocycles. The summed E-state index contributed by atoms with van der Waals surface area (Å²) in [6.07, 6.45) is 0. The van der Waals surface area contributed by atoms with Crippen molar-refractivity contribution in [1.29, 1.82) is 0 Å². The van der Waals surface area contributed by atoms with Gasteiger partial charge in [-0.3, -0.25) is 0 Å². The third kappa shape index (κ3) is 6.73. The van der Waals surface area contributed by atoms with E-state index in [1.165, 1.54) is 44.6 Å². The summed E-state index contributed by atoms with van der Waals surface area (Å²) in [5.41, 5.74) is 19.8. The fraction of sp³-hybridized carbons (Fsp3) is 0. The number of fused-ring (bicyclic) bond motifs is 4. The number of hydrogen-bond donors (Lipinski definition) is 0. The molecule has 4 nitrogen and oxygen atoms in total. The highest BCUT2D eigenvalue weighted by Crippen LogP contribution is 2.46. The second kappa shape index (κ2) is 16.3. The zero-order valence-corrected chi connectivity index (χ0v) is 35.7. The summed E-state index contributed by atoms with van der Waals surface area (Å²) in [6.45, 7) is 0.0129.